The standard InChI is InChI=1S/C18H21ClN2O3/c1-3-18(2,12-24-16-15(19)5-4-10-20-16)21-11-13-6-8-14(9-7-13)17(22)23/h4-10,21H,3,11-12H2,1-2H3,(H,22,23). The molecule has 2 rings (SSSR count). The highest BCUT2D eigenvalue weighted by Gasteiger charge is 2.23. The molecule has 0 aliphatic rings. The molecule has 1 aromatic carbocycles. The van der Waals surface area contributed by atoms with Crippen LogP contribution in [0, 0.1) is 0 Å². The number of pyridine rings is 1. The Hall–Kier alpha value is -2.11. The Balaban J connectivity index is 1.94. The van der Waals surface area contributed by atoms with Crippen molar-refractivity contribution in [3.05, 3.63) is 58.7 Å². The SMILES string of the molecule is CCC(C)(COc1ncccc1Cl)NCc1ccc(C(=O)O)cc1. The largest absolute Gasteiger partial charge is 0.478 e. The Morgan fingerprint density at radius 3 is 2.62 bits per heavy atom. The number of benzene rings is 1. The number of carbonyl (C=O) groups is 1. The Labute approximate surface area is 146 Å². The second kappa shape index (κ2) is 8.13. The van der Waals surface area contributed by atoms with Crippen LogP contribution in [0.5, 0.6) is 5.88 Å². The smallest absolute Gasteiger partial charge is 0.335 e. The van der Waals surface area contributed by atoms with E-state index < -0.39 is 5.97 Å². The van der Waals surface area contributed by atoms with E-state index in [-0.39, 0.29) is 11.1 Å². The summed E-state index contributed by atoms with van der Waals surface area (Å²) in [5.74, 6) is -0.500. The lowest BCUT2D eigenvalue weighted by atomic mass is 9.99. The Kier molecular flexibility index (Phi) is 6.17. The predicted octanol–water partition coefficient (Wildman–Crippen LogP) is 3.77. The number of halogens is 1. The third-order valence-electron chi connectivity index (χ3n) is 3.95. The number of hydrogen-bond donors (Lipinski definition) is 2. The number of nitrogens with one attached hydrogen (secondary N) is 1. The second-order valence-corrected chi connectivity index (χ2v) is 6.26. The molecule has 0 fully saturated rings. The fourth-order valence-electron chi connectivity index (χ4n) is 2.06. The van der Waals surface area contributed by atoms with E-state index in [9.17, 15) is 4.79 Å². The van der Waals surface area contributed by atoms with Gasteiger partial charge in [0, 0.05) is 18.3 Å². The van der Waals surface area contributed by atoms with E-state index in [4.69, 9.17) is 21.4 Å². The minimum atomic E-state index is -0.923. The summed E-state index contributed by atoms with van der Waals surface area (Å²) in [6.45, 7) is 5.18. The van der Waals surface area contributed by atoms with Crippen LogP contribution in [0.15, 0.2) is 42.6 Å². The first-order valence-corrected chi connectivity index (χ1v) is 8.12. The van der Waals surface area contributed by atoms with E-state index in [0.717, 1.165) is 12.0 Å². The molecule has 0 amide bonds. The Bertz CT molecular complexity index is 691. The van der Waals surface area contributed by atoms with Crippen LogP contribution >= 0.6 is 11.6 Å². The van der Waals surface area contributed by atoms with Crippen molar-refractivity contribution >= 4 is 17.6 Å². The monoisotopic (exact) mass is 348 g/mol. The zero-order valence-electron chi connectivity index (χ0n) is 13.8. The van der Waals surface area contributed by atoms with Gasteiger partial charge in [-0.3, -0.25) is 0 Å². The van der Waals surface area contributed by atoms with Crippen LogP contribution in [0.25, 0.3) is 0 Å². The van der Waals surface area contributed by atoms with Crippen LogP contribution in [0.4, 0.5) is 0 Å². The normalized spacial score (nSPS) is 13.3. The molecule has 2 N–H and O–H groups in total. The third kappa shape index (κ3) is 4.94. The van der Waals surface area contributed by atoms with Gasteiger partial charge in [0.2, 0.25) is 5.88 Å². The van der Waals surface area contributed by atoms with Crippen molar-refractivity contribution in [1.82, 2.24) is 10.3 Å². The molecule has 0 saturated carbocycles. The lowest BCUT2D eigenvalue weighted by molar-refractivity contribution is 0.0697. The first-order chi connectivity index (χ1) is 11.4. The van der Waals surface area contributed by atoms with Gasteiger partial charge in [0.05, 0.1) is 5.56 Å². The van der Waals surface area contributed by atoms with Crippen molar-refractivity contribution in [2.24, 2.45) is 0 Å². The molecule has 128 valence electrons. The van der Waals surface area contributed by atoms with E-state index in [0.29, 0.717) is 24.1 Å². The highest BCUT2D eigenvalue weighted by atomic mass is 35.5. The van der Waals surface area contributed by atoms with Crippen LogP contribution in [-0.2, 0) is 6.54 Å². The average molecular weight is 349 g/mol. The maximum atomic E-state index is 10.9. The summed E-state index contributed by atoms with van der Waals surface area (Å²) < 4.78 is 5.75. The Morgan fingerprint density at radius 1 is 1.33 bits per heavy atom. The Morgan fingerprint density at radius 2 is 2.04 bits per heavy atom. The lowest BCUT2D eigenvalue weighted by Crippen LogP contribution is -2.46. The van der Waals surface area contributed by atoms with Crippen LogP contribution in [-0.4, -0.2) is 28.2 Å². The van der Waals surface area contributed by atoms with Crippen LogP contribution in [0.2, 0.25) is 5.02 Å². The van der Waals surface area contributed by atoms with Crippen LogP contribution in [0.1, 0.15) is 36.2 Å². The third-order valence-corrected chi connectivity index (χ3v) is 4.24. The summed E-state index contributed by atoms with van der Waals surface area (Å²) in [7, 11) is 0. The topological polar surface area (TPSA) is 71.5 Å². The maximum absolute atomic E-state index is 10.9. The van der Waals surface area contributed by atoms with Gasteiger partial charge in [-0.05, 0) is 43.2 Å². The molecule has 0 aliphatic carbocycles. The molecular weight excluding hydrogens is 328 g/mol. The summed E-state index contributed by atoms with van der Waals surface area (Å²) in [6.07, 6.45) is 2.49. The van der Waals surface area contributed by atoms with E-state index in [1.807, 2.05) is 12.1 Å². The fourth-order valence-corrected chi connectivity index (χ4v) is 2.24. The number of hydrogen-bond acceptors (Lipinski definition) is 4. The molecule has 0 bridgehead atoms. The molecule has 1 heterocycles. The first-order valence-electron chi connectivity index (χ1n) is 7.74. The van der Waals surface area contributed by atoms with Gasteiger partial charge in [-0.2, -0.15) is 0 Å². The molecule has 24 heavy (non-hydrogen) atoms. The summed E-state index contributed by atoms with van der Waals surface area (Å²) in [6, 6.07) is 10.3. The zero-order valence-corrected chi connectivity index (χ0v) is 14.5. The fraction of sp³-hybridized carbons (Fsp3) is 0.333. The highest BCUT2D eigenvalue weighted by Crippen LogP contribution is 2.22. The summed E-state index contributed by atoms with van der Waals surface area (Å²) in [5, 5.41) is 12.9. The van der Waals surface area contributed by atoms with Gasteiger partial charge in [-0.25, -0.2) is 9.78 Å². The van der Waals surface area contributed by atoms with Crippen molar-refractivity contribution < 1.29 is 14.6 Å². The summed E-state index contributed by atoms with van der Waals surface area (Å²) >= 11 is 6.05. The summed E-state index contributed by atoms with van der Waals surface area (Å²) in [4.78, 5) is 15.0. The number of rotatable bonds is 8. The van der Waals surface area contributed by atoms with Gasteiger partial charge in [-0.1, -0.05) is 30.7 Å². The van der Waals surface area contributed by atoms with Gasteiger partial charge >= 0.3 is 5.97 Å². The number of carboxylic acid groups (broad SMARTS) is 1. The molecule has 0 spiro atoms. The maximum Gasteiger partial charge on any atom is 0.335 e. The van der Waals surface area contributed by atoms with Gasteiger partial charge < -0.3 is 15.2 Å². The average Bonchev–Trinajstić information content (AvgIpc) is 2.59. The first kappa shape index (κ1) is 18.2. The van der Waals surface area contributed by atoms with Crippen molar-refractivity contribution in [2.75, 3.05) is 6.61 Å². The van der Waals surface area contributed by atoms with E-state index in [1.165, 1.54) is 0 Å². The van der Waals surface area contributed by atoms with Crippen LogP contribution < -0.4 is 10.1 Å². The molecule has 2 aromatic rings. The molecule has 0 aliphatic heterocycles. The van der Waals surface area contributed by atoms with Gasteiger partial charge in [-0.15, -0.1) is 0 Å². The van der Waals surface area contributed by atoms with Crippen molar-refractivity contribution in [1.29, 1.82) is 0 Å². The molecule has 1 atom stereocenters. The molecule has 0 radical (unpaired) electrons. The lowest BCUT2D eigenvalue weighted by Gasteiger charge is -2.29. The minimum absolute atomic E-state index is 0.258. The van der Waals surface area contributed by atoms with Gasteiger partial charge in [0.15, 0.2) is 0 Å². The molecule has 1 aromatic heterocycles. The number of carboxylic acids is 1. The molecule has 0 saturated heterocycles. The molecule has 6 heteroatoms. The number of aromatic nitrogens is 1. The van der Waals surface area contributed by atoms with E-state index in [2.05, 4.69) is 24.1 Å². The second-order valence-electron chi connectivity index (χ2n) is 5.85. The van der Waals surface area contributed by atoms with Gasteiger partial charge in [0.25, 0.3) is 0 Å². The quantitative estimate of drug-likeness (QED) is 0.759. The predicted molar refractivity (Wildman–Crippen MR) is 93.7 cm³/mol. The molecule has 1 unspecified atom stereocenters. The zero-order chi connectivity index (χ0) is 17.6. The highest BCUT2D eigenvalue weighted by molar-refractivity contribution is 6.31. The van der Waals surface area contributed by atoms with Crippen molar-refractivity contribution in [3.63, 3.8) is 0 Å². The van der Waals surface area contributed by atoms with Crippen LogP contribution in [0.3, 0.4) is 0 Å². The number of nitrogens with zero attached hydrogens (tertiary/aromatic N) is 1. The van der Waals surface area contributed by atoms with Gasteiger partial charge in [0.1, 0.15) is 11.6 Å². The van der Waals surface area contributed by atoms with E-state index in [1.54, 1.807) is 30.5 Å². The molecule has 5 nitrogen and oxygen atoms in total. The summed E-state index contributed by atoms with van der Waals surface area (Å²) in [5.41, 5.74) is 1.03. The number of aromatic carboxylic acids is 1. The van der Waals surface area contributed by atoms with Crippen molar-refractivity contribution in [2.45, 2.75) is 32.4 Å². The molecular formula is C18H21ClN2O3. The minimum Gasteiger partial charge on any atom is -0.478 e. The van der Waals surface area contributed by atoms with E-state index >= 15 is 0 Å². The van der Waals surface area contributed by atoms with Crippen molar-refractivity contribution in [3.8, 4) is 5.88 Å². The number of ether oxygens (including phenoxy) is 1.